The molecule has 25 heavy (non-hydrogen) atoms. The largest absolute Gasteiger partial charge is 0.481 e. The van der Waals surface area contributed by atoms with Gasteiger partial charge in [0.25, 0.3) is 0 Å². The summed E-state index contributed by atoms with van der Waals surface area (Å²) in [6.45, 7) is 0.0303. The fourth-order valence-electron chi connectivity index (χ4n) is 2.61. The van der Waals surface area contributed by atoms with E-state index in [1.165, 1.54) is 28.8 Å². The zero-order chi connectivity index (χ0) is 18.1. The zero-order valence-corrected chi connectivity index (χ0v) is 15.9. The molecule has 0 aliphatic carbocycles. The molecule has 2 aromatic carbocycles. The van der Waals surface area contributed by atoms with E-state index in [1.807, 2.05) is 0 Å². The third-order valence-electron chi connectivity index (χ3n) is 3.73. The van der Waals surface area contributed by atoms with Crippen molar-refractivity contribution >= 4 is 56.6 Å². The maximum Gasteiger partial charge on any atom is 0.304 e. The van der Waals surface area contributed by atoms with Crippen molar-refractivity contribution in [3.8, 4) is 0 Å². The van der Waals surface area contributed by atoms with Crippen LogP contribution >= 0.6 is 39.9 Å². The molecule has 3 nitrogen and oxygen atoms in total. The Morgan fingerprint density at radius 2 is 2.04 bits per heavy atom. The number of benzene rings is 2. The lowest BCUT2D eigenvalue weighted by Crippen LogP contribution is -2.40. The third-order valence-corrected chi connectivity index (χ3v) is 6.14. The lowest BCUT2D eigenvalue weighted by molar-refractivity contribution is -0.136. The second-order valence-corrected chi connectivity index (χ2v) is 8.03. The molecule has 1 aliphatic rings. The van der Waals surface area contributed by atoms with Crippen LogP contribution in [-0.2, 0) is 11.3 Å². The van der Waals surface area contributed by atoms with Gasteiger partial charge in [-0.15, -0.1) is 11.8 Å². The molecule has 1 heterocycles. The van der Waals surface area contributed by atoms with Crippen LogP contribution in [0, 0.1) is 11.6 Å². The summed E-state index contributed by atoms with van der Waals surface area (Å²) in [4.78, 5) is 13.5. The van der Waals surface area contributed by atoms with Gasteiger partial charge in [-0.3, -0.25) is 4.79 Å². The highest BCUT2D eigenvalue weighted by Gasteiger charge is 2.34. The molecular weight excluding hydrogens is 432 g/mol. The summed E-state index contributed by atoms with van der Waals surface area (Å²) in [5.74, 6) is -1.91. The van der Waals surface area contributed by atoms with Crippen LogP contribution in [0.1, 0.15) is 12.0 Å². The molecule has 0 bridgehead atoms. The van der Waals surface area contributed by atoms with Gasteiger partial charge < -0.3 is 10.0 Å². The van der Waals surface area contributed by atoms with E-state index in [1.54, 1.807) is 24.3 Å². The smallest absolute Gasteiger partial charge is 0.304 e. The van der Waals surface area contributed by atoms with Crippen molar-refractivity contribution in [2.45, 2.75) is 23.1 Å². The summed E-state index contributed by atoms with van der Waals surface area (Å²) in [5, 5.41) is 8.59. The Bertz CT molecular complexity index is 863. The van der Waals surface area contributed by atoms with Crippen molar-refractivity contribution in [2.24, 2.45) is 0 Å². The number of rotatable bonds is 4. The maximum atomic E-state index is 14.4. The van der Waals surface area contributed by atoms with Crippen LogP contribution < -0.4 is 4.90 Å². The average Bonchev–Trinajstić information content (AvgIpc) is 2.53. The summed E-state index contributed by atoms with van der Waals surface area (Å²) in [7, 11) is 0. The number of nitrogens with zero attached hydrogens (tertiary/aromatic N) is 1. The molecule has 0 saturated carbocycles. The van der Waals surface area contributed by atoms with E-state index in [0.717, 1.165) is 0 Å². The first-order valence-electron chi connectivity index (χ1n) is 7.29. The van der Waals surface area contributed by atoms with Gasteiger partial charge in [-0.25, -0.2) is 8.78 Å². The van der Waals surface area contributed by atoms with E-state index in [4.69, 9.17) is 17.3 Å². The second kappa shape index (κ2) is 7.39. The SMILES string of the molecule is O=C(O)CC1Sc2cccc(F)c2N(Cc2ccc(Br)cc2F)C1=S. The van der Waals surface area contributed by atoms with Crippen LogP contribution in [0.2, 0.25) is 0 Å². The number of hydrogen-bond acceptors (Lipinski definition) is 3. The van der Waals surface area contributed by atoms with Crippen molar-refractivity contribution in [1.29, 1.82) is 0 Å². The normalized spacial score (nSPS) is 16.7. The summed E-state index contributed by atoms with van der Waals surface area (Å²) in [6.07, 6.45) is -0.182. The maximum absolute atomic E-state index is 14.4. The Morgan fingerprint density at radius 1 is 1.28 bits per heavy atom. The monoisotopic (exact) mass is 443 g/mol. The van der Waals surface area contributed by atoms with Crippen LogP contribution in [0.25, 0.3) is 0 Å². The van der Waals surface area contributed by atoms with E-state index < -0.39 is 22.9 Å². The Balaban J connectivity index is 2.03. The fraction of sp³-hybridized carbons (Fsp3) is 0.176. The minimum absolute atomic E-state index is 0.0303. The highest BCUT2D eigenvalue weighted by atomic mass is 79.9. The Morgan fingerprint density at radius 3 is 2.72 bits per heavy atom. The second-order valence-electron chi connectivity index (χ2n) is 5.45. The van der Waals surface area contributed by atoms with Crippen molar-refractivity contribution in [2.75, 3.05) is 4.90 Å². The molecule has 1 aliphatic heterocycles. The van der Waals surface area contributed by atoms with Crippen molar-refractivity contribution in [3.63, 3.8) is 0 Å². The number of thioether (sulfide) groups is 1. The van der Waals surface area contributed by atoms with Gasteiger partial charge in [0.15, 0.2) is 0 Å². The number of aliphatic carboxylic acids is 1. The molecule has 0 radical (unpaired) electrons. The number of carboxylic acid groups (broad SMARTS) is 1. The first-order valence-corrected chi connectivity index (χ1v) is 9.37. The van der Waals surface area contributed by atoms with Gasteiger partial charge >= 0.3 is 5.97 Å². The molecule has 130 valence electrons. The molecule has 1 unspecified atom stereocenters. The number of thiocarbonyl (C=S) groups is 1. The quantitative estimate of drug-likeness (QED) is 0.672. The van der Waals surface area contributed by atoms with Crippen LogP contribution in [0.4, 0.5) is 14.5 Å². The highest BCUT2D eigenvalue weighted by Crippen LogP contribution is 2.43. The summed E-state index contributed by atoms with van der Waals surface area (Å²) >= 11 is 9.84. The summed E-state index contributed by atoms with van der Waals surface area (Å²) in [6, 6.07) is 9.20. The lowest BCUT2D eigenvalue weighted by Gasteiger charge is -2.36. The van der Waals surface area contributed by atoms with Gasteiger partial charge in [0.1, 0.15) is 11.6 Å². The molecule has 1 N–H and O–H groups in total. The molecule has 8 heteroatoms. The number of fused-ring (bicyclic) bond motifs is 1. The van der Waals surface area contributed by atoms with Gasteiger partial charge in [-0.05, 0) is 24.3 Å². The Labute approximate surface area is 161 Å². The molecule has 0 fully saturated rings. The van der Waals surface area contributed by atoms with Gasteiger partial charge in [0.2, 0.25) is 0 Å². The molecule has 0 spiro atoms. The highest BCUT2D eigenvalue weighted by molar-refractivity contribution is 9.10. The molecular formula is C17H12BrF2NO2S2. The molecule has 3 rings (SSSR count). The molecule has 2 aromatic rings. The number of hydrogen-bond donors (Lipinski definition) is 1. The molecule has 0 amide bonds. The predicted octanol–water partition coefficient (Wildman–Crippen LogP) is 5.01. The van der Waals surface area contributed by atoms with Gasteiger partial charge in [-0.1, -0.05) is 40.3 Å². The van der Waals surface area contributed by atoms with E-state index in [9.17, 15) is 13.6 Å². The summed E-state index contributed by atoms with van der Waals surface area (Å²) < 4.78 is 29.2. The number of halogens is 3. The zero-order valence-electron chi connectivity index (χ0n) is 12.7. The van der Waals surface area contributed by atoms with Crippen molar-refractivity contribution < 1.29 is 18.7 Å². The molecule has 0 aromatic heterocycles. The summed E-state index contributed by atoms with van der Waals surface area (Å²) in [5.41, 5.74) is 0.613. The van der Waals surface area contributed by atoms with Gasteiger partial charge in [0.05, 0.1) is 28.9 Å². The minimum atomic E-state index is -0.991. The standard InChI is InChI=1S/C17H12BrF2NO2S2/c18-10-5-4-9(12(20)6-10)8-21-16-11(19)2-1-3-13(16)25-14(17(21)24)7-15(22)23/h1-6,14H,7-8H2,(H,22,23). The first-order chi connectivity index (χ1) is 11.9. The van der Waals surface area contributed by atoms with E-state index in [2.05, 4.69) is 15.9 Å². The number of para-hydroxylation sites is 1. The lowest BCUT2D eigenvalue weighted by atomic mass is 10.1. The van der Waals surface area contributed by atoms with Crippen molar-refractivity contribution in [3.05, 3.63) is 58.1 Å². The topological polar surface area (TPSA) is 40.5 Å². The van der Waals surface area contributed by atoms with Crippen LogP contribution in [0.5, 0.6) is 0 Å². The minimum Gasteiger partial charge on any atom is -0.481 e. The van der Waals surface area contributed by atoms with Crippen LogP contribution in [0.3, 0.4) is 0 Å². The molecule has 0 saturated heterocycles. The van der Waals surface area contributed by atoms with Crippen LogP contribution in [0.15, 0.2) is 45.8 Å². The third kappa shape index (κ3) is 3.86. The average molecular weight is 444 g/mol. The van der Waals surface area contributed by atoms with Gasteiger partial charge in [-0.2, -0.15) is 0 Å². The van der Waals surface area contributed by atoms with Gasteiger partial charge in [0, 0.05) is 14.9 Å². The first kappa shape index (κ1) is 18.3. The van der Waals surface area contributed by atoms with E-state index in [0.29, 0.717) is 14.9 Å². The predicted molar refractivity (Wildman–Crippen MR) is 101 cm³/mol. The number of carbonyl (C=O) groups is 1. The van der Waals surface area contributed by atoms with Crippen LogP contribution in [-0.4, -0.2) is 21.3 Å². The van der Waals surface area contributed by atoms with Crippen molar-refractivity contribution in [1.82, 2.24) is 0 Å². The van der Waals surface area contributed by atoms with E-state index >= 15 is 0 Å². The Hall–Kier alpha value is -1.51. The van der Waals surface area contributed by atoms with E-state index in [-0.39, 0.29) is 23.6 Å². The number of anilines is 1. The Kier molecular flexibility index (Phi) is 5.41. The number of carboxylic acids is 1. The molecule has 1 atom stereocenters. The fourth-order valence-corrected chi connectivity index (χ4v) is 4.56.